The molecule has 0 spiro atoms. The smallest absolute Gasteiger partial charge is 0.258 e. The van der Waals surface area contributed by atoms with Gasteiger partial charge in [0.15, 0.2) is 0 Å². The van der Waals surface area contributed by atoms with Crippen molar-refractivity contribution in [2.75, 3.05) is 35.8 Å². The van der Waals surface area contributed by atoms with Crippen LogP contribution in [0.4, 0.5) is 17.1 Å². The lowest BCUT2D eigenvalue weighted by molar-refractivity contribution is 0.0992. The predicted octanol–water partition coefficient (Wildman–Crippen LogP) is 12.6. The third-order valence-corrected chi connectivity index (χ3v) is 13.5. The molecule has 0 N–H and O–H groups in total. The highest BCUT2D eigenvalue weighted by Gasteiger charge is 2.25. The van der Waals surface area contributed by atoms with Gasteiger partial charge < -0.3 is 28.0 Å². The summed E-state index contributed by atoms with van der Waals surface area (Å²) in [6.07, 6.45) is 4.72. The van der Waals surface area contributed by atoms with Crippen molar-refractivity contribution in [3.63, 3.8) is 0 Å². The normalized spacial score (nSPS) is 11.6. The first-order valence-electron chi connectivity index (χ1n) is 23.9. The number of benzene rings is 4. The van der Waals surface area contributed by atoms with Gasteiger partial charge in [0.1, 0.15) is 16.7 Å². The van der Waals surface area contributed by atoms with E-state index in [0.717, 1.165) is 49.1 Å². The van der Waals surface area contributed by atoms with E-state index in [9.17, 15) is 14.4 Å². The van der Waals surface area contributed by atoms with E-state index in [1.54, 1.807) is 76.1 Å². The van der Waals surface area contributed by atoms with Gasteiger partial charge in [-0.25, -0.2) is 15.0 Å². The topological polar surface area (TPSA) is 178 Å². The molecule has 0 radical (unpaired) electrons. The number of hydrogen-bond acceptors (Lipinski definition) is 12. The van der Waals surface area contributed by atoms with Gasteiger partial charge in [-0.3, -0.25) is 29.3 Å². The summed E-state index contributed by atoms with van der Waals surface area (Å²) in [4.78, 5) is 76.1. The van der Waals surface area contributed by atoms with E-state index in [0.29, 0.717) is 68.4 Å². The summed E-state index contributed by atoms with van der Waals surface area (Å²) in [6, 6.07) is 49.8. The van der Waals surface area contributed by atoms with Crippen LogP contribution in [-0.4, -0.2) is 68.8 Å². The van der Waals surface area contributed by atoms with Gasteiger partial charge in [-0.2, -0.15) is 0 Å². The van der Waals surface area contributed by atoms with Gasteiger partial charge >= 0.3 is 0 Å². The molecular formula is C60H39N9O6. The zero-order valence-electron chi connectivity index (χ0n) is 40.3. The molecule has 0 bridgehead atoms. The first-order valence-corrected chi connectivity index (χ1v) is 23.9. The molecule has 0 saturated carbocycles. The molecular weight excluding hydrogens is 943 g/mol. The van der Waals surface area contributed by atoms with Crippen LogP contribution in [-0.2, 0) is 0 Å². The van der Waals surface area contributed by atoms with Crippen LogP contribution in [0.1, 0.15) is 31.1 Å². The Morgan fingerprint density at radius 2 is 0.613 bits per heavy atom. The van der Waals surface area contributed by atoms with Crippen LogP contribution in [0.25, 0.3) is 100 Å². The maximum Gasteiger partial charge on any atom is 0.258 e. The molecule has 360 valence electrons. The third kappa shape index (κ3) is 7.82. The van der Waals surface area contributed by atoms with E-state index in [2.05, 4.69) is 15.0 Å². The van der Waals surface area contributed by atoms with Crippen LogP contribution in [0.5, 0.6) is 0 Å². The Kier molecular flexibility index (Phi) is 10.5. The highest BCUT2D eigenvalue weighted by Crippen LogP contribution is 2.33. The Labute approximate surface area is 426 Å². The number of para-hydroxylation sites is 3. The van der Waals surface area contributed by atoms with Crippen LogP contribution in [0.15, 0.2) is 196 Å². The molecule has 13 aromatic rings. The molecule has 15 nitrogen and oxygen atoms in total. The molecule has 0 aliphatic rings. The first-order chi connectivity index (χ1) is 36.6. The van der Waals surface area contributed by atoms with Crippen molar-refractivity contribution in [3.05, 3.63) is 199 Å². The molecule has 0 saturated heterocycles. The first kappa shape index (κ1) is 44.5. The second-order valence-electron chi connectivity index (χ2n) is 18.0. The van der Waals surface area contributed by atoms with Crippen molar-refractivity contribution in [1.29, 1.82) is 0 Å². The summed E-state index contributed by atoms with van der Waals surface area (Å²) < 4.78 is 18.0. The fourth-order valence-electron chi connectivity index (χ4n) is 9.38. The average molecular weight is 982 g/mol. The van der Waals surface area contributed by atoms with Crippen molar-refractivity contribution < 1.29 is 27.6 Å². The van der Waals surface area contributed by atoms with Crippen molar-refractivity contribution in [3.8, 4) is 34.2 Å². The number of nitrogens with zero attached hydrogens (tertiary/aromatic N) is 9. The zero-order valence-corrected chi connectivity index (χ0v) is 40.3. The molecule has 0 aliphatic carbocycles. The molecule has 0 unspecified atom stereocenters. The highest BCUT2D eigenvalue weighted by molar-refractivity contribution is 6.14. The maximum absolute atomic E-state index is 14.5. The standard InChI is InChI=1S/C60H39N9O6/c1-67(37-16-22-46(61-31-37)49-25-19-43-40-10-4-7-13-52(40)73-55(43)64-49)58(70)34-28-35(59(71)68(2)38-17-23-47(62-32-38)50-26-20-44-41-11-5-8-14-53(41)74-56(44)65-50)30-36(29-34)60(72)69(3)39-18-24-48(63-33-39)51-27-21-45-42-12-6-9-15-54(42)75-57(45)66-51/h4-33H,1-3H3. The number of pyridine rings is 6. The Bertz CT molecular complexity index is 3970. The van der Waals surface area contributed by atoms with E-state index in [1.807, 2.05) is 109 Å². The summed E-state index contributed by atoms with van der Waals surface area (Å²) in [7, 11) is 4.82. The molecule has 0 fully saturated rings. The van der Waals surface area contributed by atoms with Crippen LogP contribution in [0.2, 0.25) is 0 Å². The molecule has 0 aliphatic heterocycles. The number of anilines is 3. The molecule has 9 aromatic heterocycles. The number of fused-ring (bicyclic) bond motifs is 9. The van der Waals surface area contributed by atoms with E-state index in [-0.39, 0.29) is 16.7 Å². The maximum atomic E-state index is 14.5. The minimum absolute atomic E-state index is 0.0932. The average Bonchev–Trinajstić information content (AvgIpc) is 4.16. The fourth-order valence-corrected chi connectivity index (χ4v) is 9.38. The van der Waals surface area contributed by atoms with Crippen molar-refractivity contribution in [2.45, 2.75) is 0 Å². The number of hydrogen-bond donors (Lipinski definition) is 0. The van der Waals surface area contributed by atoms with Gasteiger partial charge in [0, 0.05) is 70.2 Å². The van der Waals surface area contributed by atoms with E-state index < -0.39 is 17.7 Å². The van der Waals surface area contributed by atoms with Gasteiger partial charge in [-0.05, 0) is 109 Å². The van der Waals surface area contributed by atoms with Gasteiger partial charge in [-0.15, -0.1) is 0 Å². The van der Waals surface area contributed by atoms with Gasteiger partial charge in [-0.1, -0.05) is 54.6 Å². The minimum Gasteiger partial charge on any atom is -0.438 e. The molecule has 15 heteroatoms. The largest absolute Gasteiger partial charge is 0.438 e. The van der Waals surface area contributed by atoms with Crippen molar-refractivity contribution >= 4 is 101 Å². The summed E-state index contributed by atoms with van der Waals surface area (Å²) in [5.41, 5.74) is 8.90. The molecule has 3 amide bonds. The summed E-state index contributed by atoms with van der Waals surface area (Å²) in [6.45, 7) is 0. The number of rotatable bonds is 9. The zero-order chi connectivity index (χ0) is 50.9. The highest BCUT2D eigenvalue weighted by atomic mass is 16.3. The van der Waals surface area contributed by atoms with Crippen LogP contribution < -0.4 is 14.7 Å². The predicted molar refractivity (Wildman–Crippen MR) is 289 cm³/mol. The van der Waals surface area contributed by atoms with Crippen LogP contribution >= 0.6 is 0 Å². The Hall–Kier alpha value is -10.4. The number of carbonyl (C=O) groups is 3. The Balaban J connectivity index is 0.793. The molecule has 9 heterocycles. The number of amides is 3. The summed E-state index contributed by atoms with van der Waals surface area (Å²) in [5, 5.41) is 5.61. The third-order valence-electron chi connectivity index (χ3n) is 13.5. The Morgan fingerprint density at radius 1 is 0.333 bits per heavy atom. The van der Waals surface area contributed by atoms with E-state index in [4.69, 9.17) is 28.2 Å². The Morgan fingerprint density at radius 3 is 0.893 bits per heavy atom. The van der Waals surface area contributed by atoms with Gasteiger partial charge in [0.25, 0.3) is 17.7 Å². The second kappa shape index (κ2) is 17.7. The van der Waals surface area contributed by atoms with Crippen molar-refractivity contribution in [1.82, 2.24) is 29.9 Å². The monoisotopic (exact) mass is 981 g/mol. The second-order valence-corrected chi connectivity index (χ2v) is 18.0. The molecule has 13 rings (SSSR count). The lowest BCUT2D eigenvalue weighted by Gasteiger charge is -2.22. The molecule has 0 atom stereocenters. The van der Waals surface area contributed by atoms with Crippen LogP contribution in [0, 0.1) is 0 Å². The summed E-state index contributed by atoms with van der Waals surface area (Å²) in [5.74, 6) is -1.46. The van der Waals surface area contributed by atoms with Gasteiger partial charge in [0.05, 0.1) is 69.8 Å². The van der Waals surface area contributed by atoms with Crippen LogP contribution in [0.3, 0.4) is 0 Å². The fraction of sp³-hybridized carbons (Fsp3) is 0.0500. The molecule has 4 aromatic carbocycles. The lowest BCUT2D eigenvalue weighted by atomic mass is 10.0. The summed E-state index contributed by atoms with van der Waals surface area (Å²) >= 11 is 0. The lowest BCUT2D eigenvalue weighted by Crippen LogP contribution is -2.31. The molecule has 75 heavy (non-hydrogen) atoms. The number of furan rings is 3. The van der Waals surface area contributed by atoms with Crippen molar-refractivity contribution in [2.24, 2.45) is 0 Å². The number of carbonyl (C=O) groups excluding carboxylic acids is 3. The van der Waals surface area contributed by atoms with Gasteiger partial charge in [0.2, 0.25) is 17.1 Å². The quantitative estimate of drug-likeness (QED) is 0.134. The van der Waals surface area contributed by atoms with E-state index >= 15 is 0 Å². The van der Waals surface area contributed by atoms with E-state index in [1.165, 1.54) is 32.9 Å². The minimum atomic E-state index is -0.486. The SMILES string of the molecule is CN(C(=O)c1cc(C(=O)N(C)c2ccc(-c3ccc4c(n3)oc3ccccc34)nc2)cc(C(=O)N(C)c2ccc(-c3ccc4c(n3)oc3ccccc34)nc2)c1)c1ccc(-c2ccc3c(n2)oc2ccccc23)nc1. The number of aromatic nitrogens is 6.